The summed E-state index contributed by atoms with van der Waals surface area (Å²) < 4.78 is 34.1. The van der Waals surface area contributed by atoms with Crippen LogP contribution in [0.3, 0.4) is 0 Å². The maximum absolute atomic E-state index is 12.4. The van der Waals surface area contributed by atoms with Gasteiger partial charge in [-0.05, 0) is 36.8 Å². The number of benzene rings is 2. The van der Waals surface area contributed by atoms with Gasteiger partial charge in [-0.2, -0.15) is 13.9 Å². The van der Waals surface area contributed by atoms with Crippen molar-refractivity contribution in [1.29, 1.82) is 0 Å². The topological polar surface area (TPSA) is 59.9 Å². The van der Waals surface area contributed by atoms with E-state index >= 15 is 0 Å². The van der Waals surface area contributed by atoms with Crippen molar-refractivity contribution in [2.75, 3.05) is 7.11 Å². The number of carbonyl (C=O) groups is 1. The maximum atomic E-state index is 12.4. The average Bonchev–Trinajstić information content (AvgIpc) is 2.57. The highest BCUT2D eigenvalue weighted by Gasteiger charge is 2.15. The number of amides is 1. The van der Waals surface area contributed by atoms with Crippen LogP contribution in [0.4, 0.5) is 8.78 Å². The summed E-state index contributed by atoms with van der Waals surface area (Å²) >= 11 is 5.92. The van der Waals surface area contributed by atoms with Gasteiger partial charge in [-0.1, -0.05) is 29.3 Å². The van der Waals surface area contributed by atoms with Crippen molar-refractivity contribution in [3.8, 4) is 11.5 Å². The number of hydrogen-bond acceptors (Lipinski definition) is 4. The molecule has 2 aromatic rings. The summed E-state index contributed by atoms with van der Waals surface area (Å²) in [5.74, 6) is -0.619. The van der Waals surface area contributed by atoms with Crippen LogP contribution in [0.25, 0.3) is 0 Å². The summed E-state index contributed by atoms with van der Waals surface area (Å²) in [5, 5.41) is 3.76. The Labute approximate surface area is 148 Å². The van der Waals surface area contributed by atoms with Gasteiger partial charge in [-0.25, -0.2) is 5.43 Å². The minimum absolute atomic E-state index is 0.0270. The molecule has 1 N–H and O–H groups in total. The van der Waals surface area contributed by atoms with Gasteiger partial charge in [0.1, 0.15) is 0 Å². The van der Waals surface area contributed by atoms with E-state index in [1.165, 1.54) is 25.5 Å². The highest BCUT2D eigenvalue weighted by Crippen LogP contribution is 2.37. The van der Waals surface area contributed by atoms with Crippen LogP contribution in [0.2, 0.25) is 5.02 Å². The molecule has 0 atom stereocenters. The van der Waals surface area contributed by atoms with Crippen LogP contribution in [-0.2, 0) is 0 Å². The molecular formula is C17H15ClF2N2O3. The largest absolute Gasteiger partial charge is 0.493 e. The number of aryl methyl sites for hydroxylation is 1. The van der Waals surface area contributed by atoms with Crippen LogP contribution < -0.4 is 14.9 Å². The number of hydrazone groups is 1. The molecule has 0 aliphatic rings. The molecule has 0 bridgehead atoms. The summed E-state index contributed by atoms with van der Waals surface area (Å²) in [7, 11) is 1.30. The SMILES string of the molecule is COc1cc(/C=N\NC(=O)c2ccc(C)cc2)cc(Cl)c1OC(F)F. The van der Waals surface area contributed by atoms with E-state index in [4.69, 9.17) is 16.3 Å². The third kappa shape index (κ3) is 5.15. The number of methoxy groups -OCH3 is 1. The summed E-state index contributed by atoms with van der Waals surface area (Å²) in [6.45, 7) is -1.11. The minimum Gasteiger partial charge on any atom is -0.493 e. The number of nitrogens with zero attached hydrogens (tertiary/aromatic N) is 1. The monoisotopic (exact) mass is 368 g/mol. The van der Waals surface area contributed by atoms with E-state index in [1.54, 1.807) is 12.1 Å². The van der Waals surface area contributed by atoms with Crippen LogP contribution in [0.1, 0.15) is 21.5 Å². The van der Waals surface area contributed by atoms with Crippen molar-refractivity contribution in [3.05, 3.63) is 58.1 Å². The van der Waals surface area contributed by atoms with Gasteiger partial charge < -0.3 is 9.47 Å². The van der Waals surface area contributed by atoms with E-state index in [-0.39, 0.29) is 22.4 Å². The zero-order valence-corrected chi connectivity index (χ0v) is 14.2. The van der Waals surface area contributed by atoms with Gasteiger partial charge in [-0.15, -0.1) is 0 Å². The van der Waals surface area contributed by atoms with Crippen molar-refractivity contribution in [3.63, 3.8) is 0 Å². The first-order valence-corrected chi connectivity index (χ1v) is 7.51. The molecule has 8 heteroatoms. The molecule has 25 heavy (non-hydrogen) atoms. The minimum atomic E-state index is -3.03. The molecule has 2 rings (SSSR count). The van der Waals surface area contributed by atoms with Crippen LogP contribution in [-0.4, -0.2) is 25.8 Å². The molecule has 0 aliphatic carbocycles. The van der Waals surface area contributed by atoms with Gasteiger partial charge in [0.05, 0.1) is 18.3 Å². The predicted molar refractivity (Wildman–Crippen MR) is 90.9 cm³/mol. The Morgan fingerprint density at radius 3 is 2.56 bits per heavy atom. The molecule has 2 aromatic carbocycles. The zero-order valence-electron chi connectivity index (χ0n) is 13.4. The maximum Gasteiger partial charge on any atom is 0.387 e. The number of halogens is 3. The molecule has 132 valence electrons. The number of hydrogen-bond donors (Lipinski definition) is 1. The second kappa shape index (κ2) is 8.43. The van der Waals surface area contributed by atoms with Crippen LogP contribution in [0.5, 0.6) is 11.5 Å². The summed E-state index contributed by atoms with van der Waals surface area (Å²) in [6.07, 6.45) is 1.31. The Morgan fingerprint density at radius 1 is 1.28 bits per heavy atom. The van der Waals surface area contributed by atoms with E-state index in [1.807, 2.05) is 19.1 Å². The highest BCUT2D eigenvalue weighted by atomic mass is 35.5. The Balaban J connectivity index is 2.11. The van der Waals surface area contributed by atoms with E-state index < -0.39 is 6.61 Å². The fourth-order valence-electron chi connectivity index (χ4n) is 1.95. The number of ether oxygens (including phenoxy) is 2. The third-order valence-corrected chi connectivity index (χ3v) is 3.43. The lowest BCUT2D eigenvalue weighted by atomic mass is 10.1. The van der Waals surface area contributed by atoms with Crippen LogP contribution >= 0.6 is 11.6 Å². The molecule has 0 spiro atoms. The normalized spacial score (nSPS) is 11.0. The van der Waals surface area contributed by atoms with Crippen LogP contribution in [0.15, 0.2) is 41.5 Å². The molecule has 0 unspecified atom stereocenters. The molecule has 0 aromatic heterocycles. The Kier molecular flexibility index (Phi) is 6.30. The lowest BCUT2D eigenvalue weighted by Gasteiger charge is -2.12. The summed E-state index contributed by atoms with van der Waals surface area (Å²) in [5.41, 5.74) is 4.30. The molecular weight excluding hydrogens is 354 g/mol. The molecule has 0 radical (unpaired) electrons. The first kappa shape index (κ1) is 18.7. The number of carbonyl (C=O) groups excluding carboxylic acids is 1. The molecule has 0 heterocycles. The average molecular weight is 369 g/mol. The lowest BCUT2D eigenvalue weighted by molar-refractivity contribution is -0.0511. The molecule has 0 saturated heterocycles. The van der Waals surface area contributed by atoms with Crippen LogP contribution in [0, 0.1) is 6.92 Å². The molecule has 0 fully saturated rings. The van der Waals surface area contributed by atoms with E-state index in [0.29, 0.717) is 11.1 Å². The zero-order chi connectivity index (χ0) is 18.4. The number of alkyl halides is 2. The molecule has 1 amide bonds. The fraction of sp³-hybridized carbons (Fsp3) is 0.176. The van der Waals surface area contributed by atoms with Gasteiger partial charge in [0.25, 0.3) is 5.91 Å². The van der Waals surface area contributed by atoms with Gasteiger partial charge in [0.15, 0.2) is 11.5 Å². The van der Waals surface area contributed by atoms with E-state index in [2.05, 4.69) is 15.3 Å². The van der Waals surface area contributed by atoms with Gasteiger partial charge in [0.2, 0.25) is 0 Å². The smallest absolute Gasteiger partial charge is 0.387 e. The lowest BCUT2D eigenvalue weighted by Crippen LogP contribution is -2.17. The molecule has 0 saturated carbocycles. The van der Waals surface area contributed by atoms with Crippen molar-refractivity contribution >= 4 is 23.7 Å². The second-order valence-electron chi connectivity index (χ2n) is 4.98. The first-order valence-electron chi connectivity index (χ1n) is 7.13. The van der Waals surface area contributed by atoms with Gasteiger partial charge in [-0.3, -0.25) is 4.79 Å². The summed E-state index contributed by atoms with van der Waals surface area (Å²) in [4.78, 5) is 11.9. The molecule has 0 aliphatic heterocycles. The number of nitrogens with one attached hydrogen (secondary N) is 1. The third-order valence-electron chi connectivity index (χ3n) is 3.15. The van der Waals surface area contributed by atoms with Crippen molar-refractivity contribution in [1.82, 2.24) is 5.43 Å². The standard InChI is InChI=1S/C17H15ClF2N2O3/c1-10-3-5-12(6-4-10)16(23)22-21-9-11-7-13(18)15(25-17(19)20)14(8-11)24-2/h3-9,17H,1-2H3,(H,22,23)/b21-9-. The first-order chi connectivity index (χ1) is 11.9. The van der Waals surface area contributed by atoms with Gasteiger partial charge >= 0.3 is 6.61 Å². The second-order valence-corrected chi connectivity index (χ2v) is 5.38. The summed E-state index contributed by atoms with van der Waals surface area (Å²) in [6, 6.07) is 9.75. The van der Waals surface area contributed by atoms with Crippen molar-refractivity contribution in [2.45, 2.75) is 13.5 Å². The van der Waals surface area contributed by atoms with E-state index in [0.717, 1.165) is 5.56 Å². The number of rotatable bonds is 6. The Morgan fingerprint density at radius 2 is 1.96 bits per heavy atom. The fourth-order valence-corrected chi connectivity index (χ4v) is 2.22. The Hall–Kier alpha value is -2.67. The predicted octanol–water partition coefficient (Wildman–Crippen LogP) is 4.02. The van der Waals surface area contributed by atoms with Crippen molar-refractivity contribution < 1.29 is 23.0 Å². The quantitative estimate of drug-likeness (QED) is 0.618. The van der Waals surface area contributed by atoms with Gasteiger partial charge in [0, 0.05) is 5.56 Å². The van der Waals surface area contributed by atoms with Crippen molar-refractivity contribution in [2.24, 2.45) is 5.10 Å². The Bertz CT molecular complexity index is 780. The van der Waals surface area contributed by atoms with E-state index in [9.17, 15) is 13.6 Å². The highest BCUT2D eigenvalue weighted by molar-refractivity contribution is 6.32. The molecule has 5 nitrogen and oxygen atoms in total.